The second kappa shape index (κ2) is 6.87. The molecule has 0 amide bonds. The van der Waals surface area contributed by atoms with Crippen LogP contribution < -0.4 is 0 Å². The van der Waals surface area contributed by atoms with E-state index >= 15 is 0 Å². The lowest BCUT2D eigenvalue weighted by Crippen LogP contribution is -2.42. The molecule has 16 heavy (non-hydrogen) atoms. The van der Waals surface area contributed by atoms with E-state index in [2.05, 4.69) is 0 Å². The summed E-state index contributed by atoms with van der Waals surface area (Å²) in [7, 11) is 14.2. The number of thiocarbonyl (C=S) groups is 2. The van der Waals surface area contributed by atoms with Crippen molar-refractivity contribution in [2.75, 3.05) is 35.2 Å². The summed E-state index contributed by atoms with van der Waals surface area (Å²) in [5, 5.41) is 0.535. The molecule has 0 spiro atoms. The monoisotopic (exact) mass is 261 g/mol. The van der Waals surface area contributed by atoms with E-state index in [-0.39, 0.29) is 10.3 Å². The predicted molar refractivity (Wildman–Crippen MR) is 72.0 cm³/mol. The van der Waals surface area contributed by atoms with Crippen molar-refractivity contribution in [2.45, 2.75) is 6.41 Å². The summed E-state index contributed by atoms with van der Waals surface area (Å²) >= 11 is 9.95. The number of hydrogen-bond acceptors (Lipinski definition) is 5. The van der Waals surface area contributed by atoms with E-state index in [9.17, 15) is 0 Å². The number of ether oxygens (including phenoxy) is 2. The van der Waals surface area contributed by atoms with Crippen LogP contribution in [0.25, 0.3) is 0 Å². The summed E-state index contributed by atoms with van der Waals surface area (Å²) in [5.41, 5.74) is 0. The molecule has 0 heterocycles. The van der Waals surface area contributed by atoms with Gasteiger partial charge in [0.15, 0.2) is 7.98 Å². The Labute approximate surface area is 109 Å². The van der Waals surface area contributed by atoms with E-state index in [1.54, 1.807) is 45.0 Å². The van der Waals surface area contributed by atoms with E-state index in [1.165, 1.54) is 4.81 Å². The van der Waals surface area contributed by atoms with Crippen molar-refractivity contribution >= 4 is 42.8 Å². The summed E-state index contributed by atoms with van der Waals surface area (Å²) in [6.45, 7) is 0. The Morgan fingerprint density at radius 2 is 1.25 bits per heavy atom. The summed E-state index contributed by atoms with van der Waals surface area (Å²) in [4.78, 5) is 4.51. The Kier molecular flexibility index (Phi) is 6.62. The number of rotatable bonds is 3. The van der Waals surface area contributed by atoms with Gasteiger partial charge in [0.05, 0.1) is 0 Å². The van der Waals surface area contributed by atoms with Crippen molar-refractivity contribution in [3.63, 3.8) is 0 Å². The average molecular weight is 261 g/mol. The third kappa shape index (κ3) is 5.48. The van der Waals surface area contributed by atoms with Gasteiger partial charge in [0, 0.05) is 28.2 Å². The lowest BCUT2D eigenvalue weighted by molar-refractivity contribution is -0.0944. The maximum absolute atomic E-state index is 5.56. The second-order valence-corrected chi connectivity index (χ2v) is 4.23. The Morgan fingerprint density at radius 1 is 0.938 bits per heavy atom. The molecule has 0 aliphatic carbocycles. The van der Waals surface area contributed by atoms with Crippen molar-refractivity contribution in [3.8, 4) is 0 Å². The molecule has 2 radical (unpaired) electrons. The molecule has 0 aliphatic heterocycles. The molecule has 8 heteroatoms. The first-order chi connectivity index (χ1) is 7.25. The van der Waals surface area contributed by atoms with E-state index in [1.807, 2.05) is 0 Å². The van der Waals surface area contributed by atoms with Gasteiger partial charge in [-0.15, -0.1) is 0 Å². The minimum atomic E-state index is -0.843. The summed E-state index contributed by atoms with van der Waals surface area (Å²) in [5.74, 6) is 0. The summed E-state index contributed by atoms with van der Waals surface area (Å²) in [6.07, 6.45) is -0.843. The first kappa shape index (κ1) is 15.4. The number of hydrogen-bond donors (Lipinski definition) is 0. The van der Waals surface area contributed by atoms with Gasteiger partial charge >= 0.3 is 0 Å². The molecule has 0 fully saturated rings. The van der Waals surface area contributed by atoms with Crippen molar-refractivity contribution in [1.82, 2.24) is 14.6 Å². The zero-order valence-electron chi connectivity index (χ0n) is 10.1. The number of nitrogens with zero attached hydrogens (tertiary/aromatic N) is 3. The molecule has 0 aliphatic rings. The van der Waals surface area contributed by atoms with Crippen LogP contribution in [0.4, 0.5) is 0 Å². The fourth-order valence-electron chi connectivity index (χ4n) is 0.574. The molecule has 0 aromatic rings. The van der Waals surface area contributed by atoms with E-state index in [4.69, 9.17) is 41.9 Å². The molecule has 0 unspecified atom stereocenters. The van der Waals surface area contributed by atoms with Crippen LogP contribution in [0.3, 0.4) is 0 Å². The highest BCUT2D eigenvalue weighted by molar-refractivity contribution is 7.80. The highest BCUT2D eigenvalue weighted by atomic mass is 32.1. The van der Waals surface area contributed by atoms with Crippen LogP contribution in [-0.2, 0) is 9.47 Å². The Bertz CT molecular complexity index is 240. The fraction of sp³-hybridized carbons (Fsp3) is 0.750. The molecular formula is C8H16BN3O2S2. The molecule has 0 rings (SSSR count). The molecule has 0 aromatic heterocycles. The summed E-state index contributed by atoms with van der Waals surface area (Å²) < 4.78 is 10.6. The third-order valence-corrected chi connectivity index (χ3v) is 2.39. The van der Waals surface area contributed by atoms with Gasteiger partial charge in [-0.3, -0.25) is 4.81 Å². The van der Waals surface area contributed by atoms with E-state index in [0.717, 1.165) is 0 Å². The Hall–Kier alpha value is -0.595. The molecule has 0 bridgehead atoms. The SMILES string of the molecule is [B]N(C)C(OC(=S)N(C)C)OC(=S)N(C)C. The molecule has 5 nitrogen and oxygen atoms in total. The highest BCUT2D eigenvalue weighted by Gasteiger charge is 2.18. The fourth-order valence-corrected chi connectivity index (χ4v) is 0.738. The molecule has 0 N–H and O–H groups in total. The second-order valence-electron chi connectivity index (χ2n) is 3.53. The van der Waals surface area contributed by atoms with Gasteiger partial charge in [0.25, 0.3) is 16.8 Å². The van der Waals surface area contributed by atoms with Crippen molar-refractivity contribution < 1.29 is 9.47 Å². The standard InChI is InChI=1S/C8H16BN3O2S2/c1-10(2)7(15)13-6(12(5)9)14-8(16)11(3)4/h6H,1-5H3. The largest absolute Gasteiger partial charge is 0.417 e. The van der Waals surface area contributed by atoms with Crippen LogP contribution in [-0.4, -0.2) is 74.6 Å². The highest BCUT2D eigenvalue weighted by Crippen LogP contribution is 2.03. The van der Waals surface area contributed by atoms with Crippen LogP contribution >= 0.6 is 24.4 Å². The lowest BCUT2D eigenvalue weighted by Gasteiger charge is -2.29. The topological polar surface area (TPSA) is 28.2 Å². The minimum Gasteiger partial charge on any atom is -0.417 e. The maximum atomic E-state index is 5.56. The van der Waals surface area contributed by atoms with Gasteiger partial charge in [0.2, 0.25) is 0 Å². The van der Waals surface area contributed by atoms with Crippen molar-refractivity contribution in [2.24, 2.45) is 0 Å². The zero-order valence-corrected chi connectivity index (χ0v) is 11.8. The average Bonchev–Trinajstić information content (AvgIpc) is 2.15. The molecule has 0 saturated carbocycles. The Balaban J connectivity index is 4.40. The van der Waals surface area contributed by atoms with Gasteiger partial charge in [-0.2, -0.15) is 0 Å². The van der Waals surface area contributed by atoms with E-state index in [0.29, 0.717) is 0 Å². The maximum Gasteiger partial charge on any atom is 0.298 e. The van der Waals surface area contributed by atoms with Gasteiger partial charge in [-0.25, -0.2) is 0 Å². The smallest absolute Gasteiger partial charge is 0.298 e. The van der Waals surface area contributed by atoms with Gasteiger partial charge in [-0.05, 0) is 31.5 Å². The molecule has 0 atom stereocenters. The molecular weight excluding hydrogens is 245 g/mol. The van der Waals surface area contributed by atoms with Crippen LogP contribution in [0.1, 0.15) is 0 Å². The lowest BCUT2D eigenvalue weighted by atomic mass is 10.4. The molecule has 0 aromatic carbocycles. The summed E-state index contributed by atoms with van der Waals surface area (Å²) in [6, 6.07) is 0. The normalized spacial score (nSPS) is 10.2. The molecule has 0 saturated heterocycles. The van der Waals surface area contributed by atoms with Crippen molar-refractivity contribution in [1.29, 1.82) is 0 Å². The first-order valence-electron chi connectivity index (χ1n) is 4.49. The van der Waals surface area contributed by atoms with Gasteiger partial charge in [-0.1, -0.05) is 0 Å². The van der Waals surface area contributed by atoms with Gasteiger partial charge in [0.1, 0.15) is 0 Å². The molecule has 90 valence electrons. The van der Waals surface area contributed by atoms with E-state index < -0.39 is 6.41 Å². The predicted octanol–water partition coefficient (Wildman–Crippen LogP) is 0.0115. The van der Waals surface area contributed by atoms with Gasteiger partial charge < -0.3 is 19.3 Å². The Morgan fingerprint density at radius 3 is 1.44 bits per heavy atom. The van der Waals surface area contributed by atoms with Crippen LogP contribution in [0, 0.1) is 0 Å². The minimum absolute atomic E-state index is 0.267. The van der Waals surface area contributed by atoms with Crippen molar-refractivity contribution in [3.05, 3.63) is 0 Å². The zero-order chi connectivity index (χ0) is 12.9. The van der Waals surface area contributed by atoms with Crippen LogP contribution in [0.15, 0.2) is 0 Å². The third-order valence-electron chi connectivity index (χ3n) is 1.47. The quantitative estimate of drug-likeness (QED) is 0.401. The first-order valence-corrected chi connectivity index (χ1v) is 5.30. The van der Waals surface area contributed by atoms with Crippen LogP contribution in [0.5, 0.6) is 0 Å². The van der Waals surface area contributed by atoms with Crippen LogP contribution in [0.2, 0.25) is 0 Å².